The topological polar surface area (TPSA) is 80.4 Å². The summed E-state index contributed by atoms with van der Waals surface area (Å²) < 4.78 is 5.67. The van der Waals surface area contributed by atoms with Crippen LogP contribution in [0.1, 0.15) is 5.56 Å². The van der Waals surface area contributed by atoms with Gasteiger partial charge in [0.15, 0.2) is 0 Å². The van der Waals surface area contributed by atoms with Gasteiger partial charge in [-0.25, -0.2) is 0 Å². The second-order valence-electron chi connectivity index (χ2n) is 6.82. The molecule has 33 heavy (non-hydrogen) atoms. The van der Waals surface area contributed by atoms with Gasteiger partial charge in [-0.15, -0.1) is 10.2 Å². The zero-order valence-electron chi connectivity index (χ0n) is 17.4. The number of aliphatic imine (C=N–C) groups is 1. The van der Waals surface area contributed by atoms with Gasteiger partial charge < -0.3 is 9.73 Å². The SMILES string of the molecule is O=C(CSc1nnc(-c2ccc(N=C/C=C/c3ccccc3)cc2)o1)Nc1cccc(Cl)c1. The van der Waals surface area contributed by atoms with Crippen molar-refractivity contribution in [2.75, 3.05) is 11.1 Å². The van der Waals surface area contributed by atoms with Gasteiger partial charge >= 0.3 is 0 Å². The predicted octanol–water partition coefficient (Wildman–Crippen LogP) is 6.54. The molecule has 0 fully saturated rings. The number of allylic oxidation sites excluding steroid dienone is 1. The number of rotatable bonds is 8. The van der Waals surface area contributed by atoms with Crippen LogP contribution in [-0.2, 0) is 4.79 Å². The van der Waals surface area contributed by atoms with E-state index in [4.69, 9.17) is 16.0 Å². The fraction of sp³-hybridized carbons (Fsp3) is 0.0400. The maximum atomic E-state index is 12.1. The minimum Gasteiger partial charge on any atom is -0.411 e. The van der Waals surface area contributed by atoms with E-state index in [0.29, 0.717) is 21.8 Å². The second kappa shape index (κ2) is 11.3. The molecule has 1 amide bonds. The quantitative estimate of drug-likeness (QED) is 0.232. The third-order valence-electron chi connectivity index (χ3n) is 4.35. The fourth-order valence-electron chi connectivity index (χ4n) is 2.81. The first-order valence-electron chi connectivity index (χ1n) is 10.0. The maximum Gasteiger partial charge on any atom is 0.277 e. The summed E-state index contributed by atoms with van der Waals surface area (Å²) in [6, 6.07) is 24.5. The maximum absolute atomic E-state index is 12.1. The van der Waals surface area contributed by atoms with Crippen molar-refractivity contribution < 1.29 is 9.21 Å². The third kappa shape index (κ3) is 6.90. The molecule has 1 N–H and O–H groups in total. The Kier molecular flexibility index (Phi) is 7.68. The van der Waals surface area contributed by atoms with Crippen molar-refractivity contribution in [3.05, 3.63) is 95.5 Å². The highest BCUT2D eigenvalue weighted by Crippen LogP contribution is 2.25. The molecule has 164 valence electrons. The largest absolute Gasteiger partial charge is 0.411 e. The van der Waals surface area contributed by atoms with E-state index < -0.39 is 0 Å². The summed E-state index contributed by atoms with van der Waals surface area (Å²) in [5.74, 6) is 0.330. The van der Waals surface area contributed by atoms with Crippen LogP contribution in [0.15, 0.2) is 99.6 Å². The Morgan fingerprint density at radius 2 is 1.85 bits per heavy atom. The van der Waals surface area contributed by atoms with E-state index in [2.05, 4.69) is 20.5 Å². The monoisotopic (exact) mass is 474 g/mol. The number of nitrogens with one attached hydrogen (secondary N) is 1. The van der Waals surface area contributed by atoms with Crippen LogP contribution in [0.25, 0.3) is 17.5 Å². The van der Waals surface area contributed by atoms with Gasteiger partial charge in [0.2, 0.25) is 11.8 Å². The van der Waals surface area contributed by atoms with Crippen LogP contribution in [-0.4, -0.2) is 28.1 Å². The summed E-state index contributed by atoms with van der Waals surface area (Å²) in [5.41, 5.74) is 3.34. The van der Waals surface area contributed by atoms with Crippen LogP contribution < -0.4 is 5.32 Å². The zero-order chi connectivity index (χ0) is 22.9. The molecule has 0 atom stereocenters. The number of aromatic nitrogens is 2. The number of carbonyl (C=O) groups excluding carboxylic acids is 1. The molecule has 6 nitrogen and oxygen atoms in total. The standard InChI is InChI=1S/C25H19ClN4O2S/c26-20-9-4-10-22(16-20)28-23(31)17-33-25-30-29-24(32-25)19-11-13-21(14-12-19)27-15-5-8-18-6-2-1-3-7-18/h1-16H,17H2,(H,28,31)/b8-5+,27-15?. The lowest BCUT2D eigenvalue weighted by atomic mass is 10.2. The minimum absolute atomic E-state index is 0.137. The van der Waals surface area contributed by atoms with Gasteiger partial charge in [-0.05, 0) is 54.1 Å². The molecule has 3 aromatic carbocycles. The van der Waals surface area contributed by atoms with Gasteiger partial charge in [0.05, 0.1) is 11.4 Å². The lowest BCUT2D eigenvalue weighted by molar-refractivity contribution is -0.113. The van der Waals surface area contributed by atoms with Crippen LogP contribution in [0.3, 0.4) is 0 Å². The molecule has 4 aromatic rings. The van der Waals surface area contributed by atoms with E-state index >= 15 is 0 Å². The number of nitrogens with zero attached hydrogens (tertiary/aromatic N) is 3. The molecule has 1 heterocycles. The molecule has 0 bridgehead atoms. The molecule has 0 saturated heterocycles. The van der Waals surface area contributed by atoms with Crippen LogP contribution in [0.2, 0.25) is 5.02 Å². The number of thioether (sulfide) groups is 1. The average molecular weight is 475 g/mol. The number of benzene rings is 3. The molecule has 0 spiro atoms. The number of carbonyl (C=O) groups is 1. The molecule has 0 saturated carbocycles. The Hall–Kier alpha value is -3.68. The summed E-state index contributed by atoms with van der Waals surface area (Å²) in [6.07, 6.45) is 5.63. The van der Waals surface area contributed by atoms with E-state index in [-0.39, 0.29) is 11.7 Å². The first kappa shape index (κ1) is 22.5. The zero-order valence-corrected chi connectivity index (χ0v) is 19.0. The van der Waals surface area contributed by atoms with Crippen molar-refractivity contribution in [1.29, 1.82) is 0 Å². The van der Waals surface area contributed by atoms with Crippen molar-refractivity contribution in [3.8, 4) is 11.5 Å². The van der Waals surface area contributed by atoms with E-state index in [1.54, 1.807) is 30.5 Å². The van der Waals surface area contributed by atoms with Gasteiger partial charge in [0, 0.05) is 22.5 Å². The molecule has 4 rings (SSSR count). The minimum atomic E-state index is -0.189. The summed E-state index contributed by atoms with van der Waals surface area (Å²) in [4.78, 5) is 16.5. The highest BCUT2D eigenvalue weighted by molar-refractivity contribution is 7.99. The van der Waals surface area contributed by atoms with E-state index in [9.17, 15) is 4.79 Å². The number of hydrogen-bond acceptors (Lipinski definition) is 6. The summed E-state index contributed by atoms with van der Waals surface area (Å²) in [7, 11) is 0. The highest BCUT2D eigenvalue weighted by Gasteiger charge is 2.11. The summed E-state index contributed by atoms with van der Waals surface area (Å²) in [6.45, 7) is 0. The fourth-order valence-corrected chi connectivity index (χ4v) is 3.57. The Morgan fingerprint density at radius 1 is 1.03 bits per heavy atom. The molecule has 0 aliphatic rings. The number of anilines is 1. The number of hydrogen-bond donors (Lipinski definition) is 1. The molecule has 0 unspecified atom stereocenters. The van der Waals surface area contributed by atoms with Gasteiger partial charge in [0.25, 0.3) is 5.22 Å². The lowest BCUT2D eigenvalue weighted by Gasteiger charge is -2.03. The Bertz CT molecular complexity index is 1270. The highest BCUT2D eigenvalue weighted by atomic mass is 35.5. The third-order valence-corrected chi connectivity index (χ3v) is 5.41. The summed E-state index contributed by atoms with van der Waals surface area (Å²) in [5, 5.41) is 11.7. The molecule has 1 aromatic heterocycles. The molecular formula is C25H19ClN4O2S. The van der Waals surface area contributed by atoms with Crippen molar-refractivity contribution in [2.45, 2.75) is 5.22 Å². The first-order chi connectivity index (χ1) is 16.2. The van der Waals surface area contributed by atoms with Crippen molar-refractivity contribution >= 4 is 52.9 Å². The Labute approximate surface area is 200 Å². The van der Waals surface area contributed by atoms with Crippen LogP contribution >= 0.6 is 23.4 Å². The molecule has 0 aliphatic heterocycles. The molecule has 0 aliphatic carbocycles. The Morgan fingerprint density at radius 3 is 2.64 bits per heavy atom. The van der Waals surface area contributed by atoms with Gasteiger partial charge in [-0.3, -0.25) is 9.79 Å². The average Bonchev–Trinajstić information content (AvgIpc) is 3.31. The lowest BCUT2D eigenvalue weighted by Crippen LogP contribution is -2.13. The van der Waals surface area contributed by atoms with Gasteiger partial charge in [0.1, 0.15) is 0 Å². The van der Waals surface area contributed by atoms with Crippen LogP contribution in [0.5, 0.6) is 0 Å². The molecule has 8 heteroatoms. The normalized spacial score (nSPS) is 11.3. The second-order valence-corrected chi connectivity index (χ2v) is 8.18. The predicted molar refractivity (Wildman–Crippen MR) is 134 cm³/mol. The van der Waals surface area contributed by atoms with Crippen LogP contribution in [0, 0.1) is 0 Å². The first-order valence-corrected chi connectivity index (χ1v) is 11.4. The number of amides is 1. The van der Waals surface area contributed by atoms with Crippen molar-refractivity contribution in [2.24, 2.45) is 4.99 Å². The van der Waals surface area contributed by atoms with E-state index in [1.165, 1.54) is 11.8 Å². The Balaban J connectivity index is 1.29. The van der Waals surface area contributed by atoms with Gasteiger partial charge in [-0.2, -0.15) is 0 Å². The number of halogens is 1. The smallest absolute Gasteiger partial charge is 0.277 e. The molecular weight excluding hydrogens is 456 g/mol. The van der Waals surface area contributed by atoms with Crippen molar-refractivity contribution in [3.63, 3.8) is 0 Å². The summed E-state index contributed by atoms with van der Waals surface area (Å²) >= 11 is 7.09. The van der Waals surface area contributed by atoms with Gasteiger partial charge in [-0.1, -0.05) is 65.8 Å². The van der Waals surface area contributed by atoms with E-state index in [1.807, 2.05) is 66.7 Å². The van der Waals surface area contributed by atoms with E-state index in [0.717, 1.165) is 16.8 Å². The van der Waals surface area contributed by atoms with Crippen molar-refractivity contribution in [1.82, 2.24) is 10.2 Å². The van der Waals surface area contributed by atoms with Crippen LogP contribution in [0.4, 0.5) is 11.4 Å². The molecule has 0 radical (unpaired) electrons.